The van der Waals surface area contributed by atoms with Crippen LogP contribution in [0.2, 0.25) is 0 Å². The molecule has 0 atom stereocenters. The van der Waals surface area contributed by atoms with E-state index in [0.717, 1.165) is 29.6 Å². The highest BCUT2D eigenvalue weighted by Gasteiger charge is 2.19. The van der Waals surface area contributed by atoms with Gasteiger partial charge in [0.1, 0.15) is 12.3 Å². The number of phenols is 1. The van der Waals surface area contributed by atoms with Crippen molar-refractivity contribution >= 4 is 11.0 Å². The molecule has 0 aliphatic heterocycles. The molecule has 26 heavy (non-hydrogen) atoms. The van der Waals surface area contributed by atoms with Gasteiger partial charge in [0.2, 0.25) is 0 Å². The maximum atomic E-state index is 12.7. The number of rotatable bonds is 6. The molecule has 0 aliphatic carbocycles. The van der Waals surface area contributed by atoms with Crippen LogP contribution in [0.4, 0.5) is 0 Å². The fourth-order valence-electron chi connectivity index (χ4n) is 3.42. The number of phenolic OH excluding ortho intramolecular Hbond substituents is 1. The summed E-state index contributed by atoms with van der Waals surface area (Å²) in [6.07, 6.45) is 0.544. The third-order valence-corrected chi connectivity index (χ3v) is 5.18. The zero-order chi connectivity index (χ0) is 18.7. The summed E-state index contributed by atoms with van der Waals surface area (Å²) >= 11 is 0. The summed E-state index contributed by atoms with van der Waals surface area (Å²) in [6, 6.07) is 13.5. The first-order chi connectivity index (χ1) is 12.5. The van der Waals surface area contributed by atoms with Gasteiger partial charge in [0, 0.05) is 17.4 Å². The van der Waals surface area contributed by atoms with E-state index in [2.05, 4.69) is 13.8 Å². The first kappa shape index (κ1) is 18.2. The molecule has 3 rings (SSSR count). The van der Waals surface area contributed by atoms with E-state index >= 15 is 0 Å². The van der Waals surface area contributed by atoms with Crippen molar-refractivity contribution in [2.24, 2.45) is 0 Å². The average molecular weight is 352 g/mol. The molecule has 136 valence electrons. The molecule has 3 aromatic rings. The van der Waals surface area contributed by atoms with Gasteiger partial charge in [-0.1, -0.05) is 30.3 Å². The van der Waals surface area contributed by atoms with Gasteiger partial charge in [0.05, 0.1) is 18.7 Å². The topological polar surface area (TPSA) is 54.9 Å². The second-order valence-electron chi connectivity index (χ2n) is 6.73. The lowest BCUT2D eigenvalue weighted by Gasteiger charge is -2.17. The number of quaternary nitrogens is 1. The molecule has 0 unspecified atom stereocenters. The maximum absolute atomic E-state index is 12.7. The van der Waals surface area contributed by atoms with Gasteiger partial charge < -0.3 is 14.4 Å². The van der Waals surface area contributed by atoms with E-state index in [1.165, 1.54) is 4.90 Å². The van der Waals surface area contributed by atoms with Crippen LogP contribution < -0.4 is 10.5 Å². The third-order valence-electron chi connectivity index (χ3n) is 5.18. The van der Waals surface area contributed by atoms with Crippen LogP contribution in [-0.4, -0.2) is 18.2 Å². The minimum Gasteiger partial charge on any atom is -0.507 e. The molecular formula is C22H26NO3+. The van der Waals surface area contributed by atoms with Gasteiger partial charge in [-0.2, -0.15) is 0 Å². The molecule has 0 spiro atoms. The molecule has 2 aromatic carbocycles. The summed E-state index contributed by atoms with van der Waals surface area (Å²) in [5.74, 6) is 0.190. The van der Waals surface area contributed by atoms with Crippen LogP contribution in [0.15, 0.2) is 51.7 Å². The normalized spacial score (nSPS) is 11.4. The predicted octanol–water partition coefficient (Wildman–Crippen LogP) is 2.82. The Hall–Kier alpha value is -2.59. The Balaban J connectivity index is 2.13. The van der Waals surface area contributed by atoms with E-state index in [-0.39, 0.29) is 11.4 Å². The number of hydrogen-bond acceptors (Lipinski definition) is 3. The highest BCUT2D eigenvalue weighted by Crippen LogP contribution is 2.29. The molecule has 4 nitrogen and oxygen atoms in total. The zero-order valence-corrected chi connectivity index (χ0v) is 15.6. The van der Waals surface area contributed by atoms with Crippen molar-refractivity contribution in [3.63, 3.8) is 0 Å². The molecule has 0 bridgehead atoms. The molecule has 4 heteroatoms. The Labute approximate surface area is 153 Å². The van der Waals surface area contributed by atoms with Crippen LogP contribution in [0.1, 0.15) is 36.1 Å². The van der Waals surface area contributed by atoms with Crippen molar-refractivity contribution in [2.75, 3.05) is 13.1 Å². The first-order valence-electron chi connectivity index (χ1n) is 9.19. The number of benzene rings is 2. The molecule has 0 saturated carbocycles. The van der Waals surface area contributed by atoms with Crippen LogP contribution in [0.25, 0.3) is 11.0 Å². The van der Waals surface area contributed by atoms with E-state index in [1.54, 1.807) is 6.07 Å². The molecule has 0 radical (unpaired) electrons. The smallest absolute Gasteiger partial charge is 0.340 e. The minimum atomic E-state index is -0.319. The summed E-state index contributed by atoms with van der Waals surface area (Å²) in [5.41, 5.74) is 3.59. The van der Waals surface area contributed by atoms with Crippen LogP contribution in [-0.2, 0) is 13.0 Å². The lowest BCUT2D eigenvalue weighted by atomic mass is 9.98. The fraction of sp³-hybridized carbons (Fsp3) is 0.318. The van der Waals surface area contributed by atoms with E-state index in [1.807, 2.05) is 43.3 Å². The Morgan fingerprint density at radius 3 is 2.35 bits per heavy atom. The SMILES string of the molecule is CC[NH+](CC)Cc1c(O)ccc2c(C)c(Cc3ccccc3)c(=O)oc12. The summed E-state index contributed by atoms with van der Waals surface area (Å²) in [7, 11) is 0. The second-order valence-corrected chi connectivity index (χ2v) is 6.73. The monoisotopic (exact) mass is 352 g/mol. The maximum Gasteiger partial charge on any atom is 0.340 e. The average Bonchev–Trinajstić information content (AvgIpc) is 2.65. The number of aryl methyl sites for hydroxylation is 1. The standard InChI is InChI=1S/C22H25NO3/c1-4-23(5-2)14-19-20(24)12-11-17-15(3)18(22(25)26-21(17)19)13-16-9-7-6-8-10-16/h6-12,24H,4-5,13-14H2,1-3H3/p+1. The van der Waals surface area contributed by atoms with Crippen LogP contribution in [0.5, 0.6) is 5.75 Å². The van der Waals surface area contributed by atoms with E-state index in [4.69, 9.17) is 4.42 Å². The van der Waals surface area contributed by atoms with Gasteiger partial charge in [-0.25, -0.2) is 4.79 Å². The number of hydrogen-bond donors (Lipinski definition) is 2. The van der Waals surface area contributed by atoms with Gasteiger partial charge >= 0.3 is 5.63 Å². The molecule has 0 amide bonds. The van der Waals surface area contributed by atoms with Crippen molar-refractivity contribution in [1.82, 2.24) is 0 Å². The second kappa shape index (κ2) is 7.75. The van der Waals surface area contributed by atoms with Crippen molar-refractivity contribution < 1.29 is 14.4 Å². The van der Waals surface area contributed by atoms with Crippen molar-refractivity contribution in [2.45, 2.75) is 33.7 Å². The van der Waals surface area contributed by atoms with Crippen molar-refractivity contribution in [3.05, 3.63) is 75.1 Å². The Bertz CT molecular complexity index is 957. The van der Waals surface area contributed by atoms with Gasteiger partial charge in [0.15, 0.2) is 5.58 Å². The zero-order valence-electron chi connectivity index (χ0n) is 15.6. The summed E-state index contributed by atoms with van der Waals surface area (Å²) in [5, 5.41) is 11.3. The molecule has 2 N–H and O–H groups in total. The van der Waals surface area contributed by atoms with Crippen LogP contribution in [0, 0.1) is 6.92 Å². The summed E-state index contributed by atoms with van der Waals surface area (Å²) in [6.45, 7) is 8.71. The summed E-state index contributed by atoms with van der Waals surface area (Å²) < 4.78 is 5.72. The lowest BCUT2D eigenvalue weighted by molar-refractivity contribution is -0.910. The highest BCUT2D eigenvalue weighted by molar-refractivity contribution is 5.85. The third kappa shape index (κ3) is 3.51. The molecule has 0 fully saturated rings. The Morgan fingerprint density at radius 2 is 1.69 bits per heavy atom. The van der Waals surface area contributed by atoms with Gasteiger partial charge in [0.25, 0.3) is 0 Å². The Morgan fingerprint density at radius 1 is 1.00 bits per heavy atom. The molecule has 1 aromatic heterocycles. The molecule has 1 heterocycles. The number of fused-ring (bicyclic) bond motifs is 1. The van der Waals surface area contributed by atoms with Crippen molar-refractivity contribution in [3.8, 4) is 5.75 Å². The Kier molecular flexibility index (Phi) is 5.43. The van der Waals surface area contributed by atoms with Crippen LogP contribution in [0.3, 0.4) is 0 Å². The van der Waals surface area contributed by atoms with E-state index < -0.39 is 0 Å². The largest absolute Gasteiger partial charge is 0.507 e. The highest BCUT2D eigenvalue weighted by atomic mass is 16.4. The van der Waals surface area contributed by atoms with Gasteiger partial charge in [-0.05, 0) is 44.0 Å². The van der Waals surface area contributed by atoms with Gasteiger partial charge in [-0.3, -0.25) is 0 Å². The van der Waals surface area contributed by atoms with Crippen molar-refractivity contribution in [1.29, 1.82) is 0 Å². The van der Waals surface area contributed by atoms with E-state index in [0.29, 0.717) is 29.7 Å². The lowest BCUT2D eigenvalue weighted by Crippen LogP contribution is -3.10. The van der Waals surface area contributed by atoms with E-state index in [9.17, 15) is 9.90 Å². The first-order valence-corrected chi connectivity index (χ1v) is 9.19. The number of nitrogens with one attached hydrogen (secondary N) is 1. The predicted molar refractivity (Wildman–Crippen MR) is 104 cm³/mol. The quantitative estimate of drug-likeness (QED) is 0.671. The van der Waals surface area contributed by atoms with Crippen LogP contribution >= 0.6 is 0 Å². The molecular weight excluding hydrogens is 326 g/mol. The molecule has 0 aliphatic rings. The minimum absolute atomic E-state index is 0.190. The summed E-state index contributed by atoms with van der Waals surface area (Å²) in [4.78, 5) is 14.0. The molecule has 0 saturated heterocycles. The number of aromatic hydroxyl groups is 1. The fourth-order valence-corrected chi connectivity index (χ4v) is 3.42. The van der Waals surface area contributed by atoms with Gasteiger partial charge in [-0.15, -0.1) is 0 Å².